The molecule has 0 amide bonds. The standard InChI is InChI=1S/C13H28N2O2S/c1-10(2)14-8-9-18(16,17)15-13-7-5-6-11(3)12(13)4/h10-15H,5-9H2,1-4H3. The average Bonchev–Trinajstić information content (AvgIpc) is 2.23. The van der Waals surface area contributed by atoms with Crippen molar-refractivity contribution in [1.29, 1.82) is 0 Å². The van der Waals surface area contributed by atoms with Crippen molar-refractivity contribution in [2.24, 2.45) is 11.8 Å². The molecule has 0 aromatic carbocycles. The lowest BCUT2D eigenvalue weighted by Gasteiger charge is -2.34. The summed E-state index contributed by atoms with van der Waals surface area (Å²) < 4.78 is 26.8. The second kappa shape index (κ2) is 6.87. The fourth-order valence-electron chi connectivity index (χ4n) is 2.52. The minimum atomic E-state index is -3.15. The average molecular weight is 276 g/mol. The third-order valence-corrected chi connectivity index (χ3v) is 5.36. The van der Waals surface area contributed by atoms with E-state index in [-0.39, 0.29) is 11.8 Å². The van der Waals surface area contributed by atoms with Gasteiger partial charge in [0.25, 0.3) is 0 Å². The molecule has 1 aliphatic rings. The molecule has 1 aliphatic carbocycles. The van der Waals surface area contributed by atoms with Crippen LogP contribution < -0.4 is 10.0 Å². The van der Waals surface area contributed by atoms with Crippen molar-refractivity contribution < 1.29 is 8.42 Å². The SMILES string of the molecule is CC(C)NCCS(=O)(=O)NC1CCCC(C)C1C. The molecule has 2 N–H and O–H groups in total. The maximum atomic E-state index is 12.0. The summed E-state index contributed by atoms with van der Waals surface area (Å²) in [6.45, 7) is 8.92. The highest BCUT2D eigenvalue weighted by Gasteiger charge is 2.29. The second-order valence-corrected chi connectivity index (χ2v) is 7.79. The van der Waals surface area contributed by atoms with Crippen molar-refractivity contribution in [2.45, 2.75) is 59.0 Å². The van der Waals surface area contributed by atoms with Crippen LogP contribution in [0.15, 0.2) is 0 Å². The Labute approximate surface area is 112 Å². The third-order valence-electron chi connectivity index (χ3n) is 3.96. The normalized spacial score (nSPS) is 29.7. The topological polar surface area (TPSA) is 58.2 Å². The van der Waals surface area contributed by atoms with Gasteiger partial charge in [0.05, 0.1) is 5.75 Å². The fourth-order valence-corrected chi connectivity index (χ4v) is 3.82. The van der Waals surface area contributed by atoms with Crippen molar-refractivity contribution in [3.63, 3.8) is 0 Å². The first-order valence-electron chi connectivity index (χ1n) is 7.05. The molecule has 3 atom stereocenters. The van der Waals surface area contributed by atoms with Gasteiger partial charge >= 0.3 is 0 Å². The first kappa shape index (κ1) is 15.9. The molecule has 0 aromatic rings. The summed E-state index contributed by atoms with van der Waals surface area (Å²) >= 11 is 0. The molecular formula is C13H28N2O2S. The summed E-state index contributed by atoms with van der Waals surface area (Å²) in [7, 11) is -3.15. The van der Waals surface area contributed by atoms with Crippen LogP contribution in [0.4, 0.5) is 0 Å². The summed E-state index contributed by atoms with van der Waals surface area (Å²) in [4.78, 5) is 0. The van der Waals surface area contributed by atoms with Gasteiger partial charge in [-0.2, -0.15) is 0 Å². The Kier molecular flexibility index (Phi) is 6.08. The van der Waals surface area contributed by atoms with Gasteiger partial charge in [0.1, 0.15) is 0 Å². The van der Waals surface area contributed by atoms with Gasteiger partial charge in [-0.15, -0.1) is 0 Å². The molecule has 0 bridgehead atoms. The van der Waals surface area contributed by atoms with Crippen molar-refractivity contribution in [2.75, 3.05) is 12.3 Å². The van der Waals surface area contributed by atoms with E-state index in [0.717, 1.165) is 12.8 Å². The van der Waals surface area contributed by atoms with Gasteiger partial charge in [-0.1, -0.05) is 40.5 Å². The van der Waals surface area contributed by atoms with E-state index in [0.29, 0.717) is 24.4 Å². The monoisotopic (exact) mass is 276 g/mol. The molecule has 108 valence electrons. The largest absolute Gasteiger partial charge is 0.313 e. The van der Waals surface area contributed by atoms with E-state index in [4.69, 9.17) is 0 Å². The fraction of sp³-hybridized carbons (Fsp3) is 1.00. The van der Waals surface area contributed by atoms with Crippen LogP contribution in [0.1, 0.15) is 47.0 Å². The molecule has 1 saturated carbocycles. The van der Waals surface area contributed by atoms with Crippen LogP contribution in [-0.2, 0) is 10.0 Å². The van der Waals surface area contributed by atoms with E-state index in [1.54, 1.807) is 0 Å². The summed E-state index contributed by atoms with van der Waals surface area (Å²) in [5.41, 5.74) is 0. The van der Waals surface area contributed by atoms with Crippen LogP contribution >= 0.6 is 0 Å². The molecule has 18 heavy (non-hydrogen) atoms. The molecule has 0 aromatic heterocycles. The Balaban J connectivity index is 2.44. The highest BCUT2D eigenvalue weighted by molar-refractivity contribution is 7.89. The summed E-state index contributed by atoms with van der Waals surface area (Å²) in [5, 5.41) is 3.14. The minimum absolute atomic E-state index is 0.123. The summed E-state index contributed by atoms with van der Waals surface area (Å²) in [6.07, 6.45) is 3.32. The van der Waals surface area contributed by atoms with Gasteiger partial charge < -0.3 is 5.32 Å². The Morgan fingerprint density at radius 3 is 2.50 bits per heavy atom. The molecule has 0 heterocycles. The van der Waals surface area contributed by atoms with Gasteiger partial charge in [-0.25, -0.2) is 13.1 Å². The van der Waals surface area contributed by atoms with Crippen LogP contribution in [0.2, 0.25) is 0 Å². The van der Waals surface area contributed by atoms with Crippen molar-refractivity contribution in [1.82, 2.24) is 10.0 Å². The van der Waals surface area contributed by atoms with Crippen molar-refractivity contribution in [3.8, 4) is 0 Å². The lowest BCUT2D eigenvalue weighted by atomic mass is 9.78. The first-order chi connectivity index (χ1) is 8.32. The molecule has 0 radical (unpaired) electrons. The number of hydrogen-bond acceptors (Lipinski definition) is 3. The predicted octanol–water partition coefficient (Wildman–Crippen LogP) is 1.73. The smallest absolute Gasteiger partial charge is 0.213 e. The lowest BCUT2D eigenvalue weighted by Crippen LogP contribution is -2.45. The highest BCUT2D eigenvalue weighted by atomic mass is 32.2. The van der Waals surface area contributed by atoms with E-state index in [2.05, 4.69) is 23.9 Å². The van der Waals surface area contributed by atoms with Crippen LogP contribution in [0, 0.1) is 11.8 Å². The zero-order valence-corrected chi connectivity index (χ0v) is 12.9. The van der Waals surface area contributed by atoms with Crippen LogP contribution in [0.5, 0.6) is 0 Å². The van der Waals surface area contributed by atoms with E-state index in [1.165, 1.54) is 6.42 Å². The molecule has 0 aliphatic heterocycles. The summed E-state index contributed by atoms with van der Waals surface area (Å²) in [5.74, 6) is 1.22. The number of sulfonamides is 1. The van der Waals surface area contributed by atoms with Crippen LogP contribution in [0.3, 0.4) is 0 Å². The van der Waals surface area contributed by atoms with Gasteiger partial charge in [0, 0.05) is 18.6 Å². The Bertz CT molecular complexity index is 341. The quantitative estimate of drug-likeness (QED) is 0.777. The molecule has 4 nitrogen and oxygen atoms in total. The zero-order valence-electron chi connectivity index (χ0n) is 12.1. The lowest BCUT2D eigenvalue weighted by molar-refractivity contribution is 0.227. The molecule has 0 saturated heterocycles. The summed E-state index contributed by atoms with van der Waals surface area (Å²) in [6, 6.07) is 0.451. The molecule has 0 spiro atoms. The molecule has 5 heteroatoms. The van der Waals surface area contributed by atoms with Crippen LogP contribution in [-0.4, -0.2) is 32.8 Å². The van der Waals surface area contributed by atoms with Gasteiger partial charge in [0.15, 0.2) is 0 Å². The maximum Gasteiger partial charge on any atom is 0.213 e. The minimum Gasteiger partial charge on any atom is -0.313 e. The van der Waals surface area contributed by atoms with Gasteiger partial charge in [-0.3, -0.25) is 0 Å². The molecular weight excluding hydrogens is 248 g/mol. The first-order valence-corrected chi connectivity index (χ1v) is 8.70. The van der Waals surface area contributed by atoms with E-state index >= 15 is 0 Å². The van der Waals surface area contributed by atoms with Gasteiger partial charge in [-0.05, 0) is 18.3 Å². The number of hydrogen-bond donors (Lipinski definition) is 2. The van der Waals surface area contributed by atoms with Crippen LogP contribution in [0.25, 0.3) is 0 Å². The second-order valence-electron chi connectivity index (χ2n) is 5.92. The molecule has 3 unspecified atom stereocenters. The Hall–Kier alpha value is -0.130. The zero-order chi connectivity index (χ0) is 13.8. The van der Waals surface area contributed by atoms with Crippen molar-refractivity contribution in [3.05, 3.63) is 0 Å². The highest BCUT2D eigenvalue weighted by Crippen LogP contribution is 2.29. The maximum absolute atomic E-state index is 12.0. The Morgan fingerprint density at radius 1 is 1.22 bits per heavy atom. The predicted molar refractivity (Wildman–Crippen MR) is 76.0 cm³/mol. The van der Waals surface area contributed by atoms with E-state index in [9.17, 15) is 8.42 Å². The Morgan fingerprint density at radius 2 is 1.89 bits per heavy atom. The van der Waals surface area contributed by atoms with E-state index < -0.39 is 10.0 Å². The molecule has 1 fully saturated rings. The number of rotatable bonds is 6. The number of nitrogens with one attached hydrogen (secondary N) is 2. The third kappa shape index (κ3) is 5.24. The van der Waals surface area contributed by atoms with Crippen molar-refractivity contribution >= 4 is 10.0 Å². The molecule has 1 rings (SSSR count). The van der Waals surface area contributed by atoms with E-state index in [1.807, 2.05) is 13.8 Å². The van der Waals surface area contributed by atoms with Gasteiger partial charge in [0.2, 0.25) is 10.0 Å².